The molecule has 18 heavy (non-hydrogen) atoms. The van der Waals surface area contributed by atoms with E-state index in [1.807, 2.05) is 19.1 Å². The summed E-state index contributed by atoms with van der Waals surface area (Å²) in [5, 5.41) is 2.79. The summed E-state index contributed by atoms with van der Waals surface area (Å²) in [6.07, 6.45) is 2.90. The van der Waals surface area contributed by atoms with Gasteiger partial charge in [-0.15, -0.1) is 11.8 Å². The lowest BCUT2D eigenvalue weighted by Crippen LogP contribution is -2.31. The van der Waals surface area contributed by atoms with Gasteiger partial charge in [0.15, 0.2) is 0 Å². The molecule has 98 valence electrons. The minimum atomic E-state index is -0.121. The number of amides is 1. The molecule has 0 spiro atoms. The Morgan fingerprint density at radius 1 is 1.39 bits per heavy atom. The third-order valence-corrected chi connectivity index (χ3v) is 3.64. The fourth-order valence-electron chi connectivity index (χ4n) is 1.41. The zero-order chi connectivity index (χ0) is 13.4. The van der Waals surface area contributed by atoms with Crippen molar-refractivity contribution in [1.29, 1.82) is 0 Å². The molecule has 0 aliphatic carbocycles. The Bertz CT molecular complexity index is 389. The number of hydrogen-bond donors (Lipinski definition) is 1. The molecule has 0 bridgehead atoms. The lowest BCUT2D eigenvalue weighted by molar-refractivity contribution is -0.120. The van der Waals surface area contributed by atoms with Crippen molar-refractivity contribution in [2.75, 3.05) is 6.54 Å². The maximum atomic E-state index is 11.8. The van der Waals surface area contributed by atoms with E-state index in [1.54, 1.807) is 12.1 Å². The molecule has 1 N–H and O–H groups in total. The van der Waals surface area contributed by atoms with Gasteiger partial charge in [-0.1, -0.05) is 25.5 Å². The molecule has 0 fully saturated rings. The van der Waals surface area contributed by atoms with Crippen LogP contribution < -0.4 is 5.32 Å². The molecule has 1 rings (SSSR count). The van der Waals surface area contributed by atoms with Gasteiger partial charge in [-0.3, -0.25) is 9.59 Å². The van der Waals surface area contributed by atoms with E-state index in [-0.39, 0.29) is 11.2 Å². The van der Waals surface area contributed by atoms with Crippen molar-refractivity contribution in [3.63, 3.8) is 0 Å². The molecule has 4 heteroatoms. The minimum Gasteiger partial charge on any atom is -0.355 e. The largest absolute Gasteiger partial charge is 0.355 e. The molecule has 0 saturated carbocycles. The van der Waals surface area contributed by atoms with Gasteiger partial charge in [0, 0.05) is 17.0 Å². The second-order valence-corrected chi connectivity index (χ2v) is 5.51. The van der Waals surface area contributed by atoms with Crippen LogP contribution in [0.5, 0.6) is 0 Å². The summed E-state index contributed by atoms with van der Waals surface area (Å²) in [5.41, 5.74) is 0.652. The van der Waals surface area contributed by atoms with Crippen molar-refractivity contribution in [1.82, 2.24) is 5.32 Å². The lowest BCUT2D eigenvalue weighted by Gasteiger charge is -2.11. The Balaban J connectivity index is 2.44. The van der Waals surface area contributed by atoms with Crippen LogP contribution in [0.15, 0.2) is 29.2 Å². The highest BCUT2D eigenvalue weighted by atomic mass is 32.2. The van der Waals surface area contributed by atoms with Crippen LogP contribution in [-0.2, 0) is 4.79 Å². The first kappa shape index (κ1) is 14.8. The van der Waals surface area contributed by atoms with Gasteiger partial charge in [0.05, 0.1) is 5.25 Å². The number of carbonyl (C=O) groups is 2. The maximum Gasteiger partial charge on any atom is 0.233 e. The van der Waals surface area contributed by atoms with Gasteiger partial charge in [0.2, 0.25) is 5.91 Å². The molecule has 0 heterocycles. The number of benzene rings is 1. The Morgan fingerprint density at radius 2 is 2.06 bits per heavy atom. The van der Waals surface area contributed by atoms with Gasteiger partial charge >= 0.3 is 0 Å². The standard InChI is InChI=1S/C14H19NO2S/c1-3-4-9-15-14(17)11(2)18-13-7-5-12(10-16)6-8-13/h5-8,10-11H,3-4,9H2,1-2H3,(H,15,17). The van der Waals surface area contributed by atoms with Gasteiger partial charge in [0.25, 0.3) is 0 Å². The second-order valence-electron chi connectivity index (χ2n) is 4.09. The highest BCUT2D eigenvalue weighted by Crippen LogP contribution is 2.23. The molecule has 1 aromatic rings. The molecule has 0 aliphatic rings. The van der Waals surface area contributed by atoms with E-state index in [2.05, 4.69) is 12.2 Å². The van der Waals surface area contributed by atoms with Crippen molar-refractivity contribution < 1.29 is 9.59 Å². The van der Waals surface area contributed by atoms with Crippen molar-refractivity contribution >= 4 is 24.0 Å². The molecule has 0 aliphatic heterocycles. The number of aldehydes is 1. The molecule has 0 aromatic heterocycles. The van der Waals surface area contributed by atoms with Crippen LogP contribution in [0.25, 0.3) is 0 Å². The van der Waals surface area contributed by atoms with E-state index < -0.39 is 0 Å². The van der Waals surface area contributed by atoms with E-state index in [9.17, 15) is 9.59 Å². The number of nitrogens with one attached hydrogen (secondary N) is 1. The van der Waals surface area contributed by atoms with E-state index in [0.717, 1.165) is 30.6 Å². The molecule has 3 nitrogen and oxygen atoms in total. The summed E-state index contributed by atoms with van der Waals surface area (Å²) in [7, 11) is 0. The third-order valence-electron chi connectivity index (χ3n) is 2.53. The summed E-state index contributed by atoms with van der Waals surface area (Å²) in [6.45, 7) is 4.73. The Morgan fingerprint density at radius 3 is 2.61 bits per heavy atom. The number of rotatable bonds is 7. The number of unbranched alkanes of at least 4 members (excludes halogenated alkanes) is 1. The molecular weight excluding hydrogens is 246 g/mol. The van der Waals surface area contributed by atoms with Gasteiger partial charge in [0.1, 0.15) is 6.29 Å². The highest BCUT2D eigenvalue weighted by Gasteiger charge is 2.13. The van der Waals surface area contributed by atoms with Crippen LogP contribution in [-0.4, -0.2) is 24.0 Å². The molecular formula is C14H19NO2S. The van der Waals surface area contributed by atoms with E-state index in [0.29, 0.717) is 5.56 Å². The average molecular weight is 265 g/mol. The quantitative estimate of drug-likeness (QED) is 0.468. The minimum absolute atomic E-state index is 0.0629. The molecule has 0 saturated heterocycles. The first-order valence-electron chi connectivity index (χ1n) is 6.17. The summed E-state index contributed by atoms with van der Waals surface area (Å²) >= 11 is 1.50. The van der Waals surface area contributed by atoms with Crippen LogP contribution in [0, 0.1) is 0 Å². The van der Waals surface area contributed by atoms with Crippen LogP contribution in [0.2, 0.25) is 0 Å². The zero-order valence-corrected chi connectivity index (χ0v) is 11.6. The number of hydrogen-bond acceptors (Lipinski definition) is 3. The van der Waals surface area contributed by atoms with E-state index >= 15 is 0 Å². The first-order chi connectivity index (χ1) is 8.67. The number of carbonyl (C=O) groups excluding carboxylic acids is 2. The maximum absolute atomic E-state index is 11.8. The van der Waals surface area contributed by atoms with Gasteiger partial charge < -0.3 is 5.32 Å². The lowest BCUT2D eigenvalue weighted by atomic mass is 10.2. The molecule has 0 radical (unpaired) electrons. The van der Waals surface area contributed by atoms with Gasteiger partial charge in [-0.05, 0) is 25.5 Å². The summed E-state index contributed by atoms with van der Waals surface area (Å²) in [4.78, 5) is 23.3. The monoisotopic (exact) mass is 265 g/mol. The fourth-order valence-corrected chi connectivity index (χ4v) is 2.31. The Hall–Kier alpha value is -1.29. The van der Waals surface area contributed by atoms with Gasteiger partial charge in [-0.2, -0.15) is 0 Å². The topological polar surface area (TPSA) is 46.2 Å². The van der Waals surface area contributed by atoms with E-state index in [1.165, 1.54) is 11.8 Å². The second kappa shape index (κ2) is 7.93. The van der Waals surface area contributed by atoms with Gasteiger partial charge in [-0.25, -0.2) is 0 Å². The molecule has 1 unspecified atom stereocenters. The molecule has 1 amide bonds. The Labute approximate surface area is 112 Å². The summed E-state index contributed by atoms with van der Waals surface area (Å²) < 4.78 is 0. The first-order valence-corrected chi connectivity index (χ1v) is 7.05. The van der Waals surface area contributed by atoms with E-state index in [4.69, 9.17) is 0 Å². The summed E-state index contributed by atoms with van der Waals surface area (Å²) in [5.74, 6) is 0.0629. The zero-order valence-electron chi connectivity index (χ0n) is 10.8. The van der Waals surface area contributed by atoms with Crippen LogP contribution >= 0.6 is 11.8 Å². The molecule has 1 aromatic carbocycles. The smallest absolute Gasteiger partial charge is 0.233 e. The predicted molar refractivity (Wildman–Crippen MR) is 75.1 cm³/mol. The van der Waals surface area contributed by atoms with Crippen LogP contribution in [0.4, 0.5) is 0 Å². The van der Waals surface area contributed by atoms with Crippen LogP contribution in [0.3, 0.4) is 0 Å². The summed E-state index contributed by atoms with van der Waals surface area (Å²) in [6, 6.07) is 7.25. The molecule has 1 atom stereocenters. The third kappa shape index (κ3) is 4.92. The highest BCUT2D eigenvalue weighted by molar-refractivity contribution is 8.00. The van der Waals surface area contributed by atoms with Crippen LogP contribution in [0.1, 0.15) is 37.0 Å². The van der Waals surface area contributed by atoms with Crippen molar-refractivity contribution in [2.24, 2.45) is 0 Å². The van der Waals surface area contributed by atoms with Crippen molar-refractivity contribution in [2.45, 2.75) is 36.8 Å². The van der Waals surface area contributed by atoms with Crippen molar-refractivity contribution in [3.8, 4) is 0 Å². The fraction of sp³-hybridized carbons (Fsp3) is 0.429. The average Bonchev–Trinajstić information content (AvgIpc) is 2.39. The van der Waals surface area contributed by atoms with Crippen molar-refractivity contribution in [3.05, 3.63) is 29.8 Å². The normalized spacial score (nSPS) is 11.9. The SMILES string of the molecule is CCCCNC(=O)C(C)Sc1ccc(C=O)cc1. The predicted octanol–water partition coefficient (Wildman–Crippen LogP) is 2.90. The number of thioether (sulfide) groups is 1. The Kier molecular flexibility index (Phi) is 6.50.